The van der Waals surface area contributed by atoms with Gasteiger partial charge in [0.15, 0.2) is 0 Å². The van der Waals surface area contributed by atoms with Gasteiger partial charge in [-0.05, 0) is 85.3 Å². The van der Waals surface area contributed by atoms with Crippen molar-refractivity contribution in [2.24, 2.45) is 7.05 Å². The van der Waals surface area contributed by atoms with Gasteiger partial charge in [-0.25, -0.2) is 9.59 Å². The van der Waals surface area contributed by atoms with Crippen LogP contribution in [0.3, 0.4) is 0 Å². The lowest BCUT2D eigenvalue weighted by Crippen LogP contribution is -2.09. The number of carboxylic acid groups (broad SMARTS) is 2. The van der Waals surface area contributed by atoms with Crippen LogP contribution in [0, 0.1) is 20.8 Å². The van der Waals surface area contributed by atoms with Crippen molar-refractivity contribution in [3.05, 3.63) is 104 Å². The molecule has 4 rings (SSSR count). The first kappa shape index (κ1) is 26.0. The fraction of sp³-hybridized carbons (Fsp3) is 0.207. The summed E-state index contributed by atoms with van der Waals surface area (Å²) in [4.78, 5) is 23.1. The molecule has 0 spiro atoms. The fourth-order valence-corrected chi connectivity index (χ4v) is 4.55. The molecule has 0 atom stereocenters. The fourth-order valence-electron chi connectivity index (χ4n) is 4.28. The highest BCUT2D eigenvalue weighted by Crippen LogP contribution is 2.32. The Morgan fingerprint density at radius 1 is 0.946 bits per heavy atom. The van der Waals surface area contributed by atoms with E-state index >= 15 is 0 Å². The Morgan fingerprint density at radius 2 is 1.70 bits per heavy atom. The Kier molecular flexibility index (Phi) is 7.36. The molecule has 0 unspecified atom stereocenters. The van der Waals surface area contributed by atoms with Crippen LogP contribution < -0.4 is 4.74 Å². The molecule has 2 N–H and O–H groups in total. The highest BCUT2D eigenvalue weighted by molar-refractivity contribution is 6.33. The van der Waals surface area contributed by atoms with Gasteiger partial charge < -0.3 is 14.9 Å². The first-order valence-corrected chi connectivity index (χ1v) is 12.0. The normalized spacial score (nSPS) is 10.9. The largest absolute Gasteiger partial charge is 0.489 e. The summed E-state index contributed by atoms with van der Waals surface area (Å²) < 4.78 is 7.96. The Labute approximate surface area is 219 Å². The third-order valence-electron chi connectivity index (χ3n) is 6.56. The van der Waals surface area contributed by atoms with E-state index in [1.165, 1.54) is 12.1 Å². The van der Waals surface area contributed by atoms with Crippen LogP contribution in [-0.4, -0.2) is 31.9 Å². The van der Waals surface area contributed by atoms with Crippen molar-refractivity contribution in [2.75, 3.05) is 0 Å². The van der Waals surface area contributed by atoms with Gasteiger partial charge in [-0.3, -0.25) is 4.68 Å². The van der Waals surface area contributed by atoms with Crippen molar-refractivity contribution in [1.29, 1.82) is 0 Å². The summed E-state index contributed by atoms with van der Waals surface area (Å²) in [6.45, 7) is 6.16. The Morgan fingerprint density at radius 3 is 2.32 bits per heavy atom. The number of benzene rings is 3. The van der Waals surface area contributed by atoms with E-state index in [4.69, 9.17) is 16.3 Å². The SMILES string of the molecule is Cc1cc(-c2nn(C)c(C)c2Cl)ccc1OCc1c(C)cccc1Cc1ccc(C(=O)O)cc1C(=O)O. The van der Waals surface area contributed by atoms with Crippen LogP contribution >= 0.6 is 11.6 Å². The highest BCUT2D eigenvalue weighted by Gasteiger charge is 2.17. The zero-order chi connectivity index (χ0) is 26.9. The van der Waals surface area contributed by atoms with Crippen molar-refractivity contribution in [1.82, 2.24) is 9.78 Å². The predicted molar refractivity (Wildman–Crippen MR) is 142 cm³/mol. The van der Waals surface area contributed by atoms with E-state index in [0.29, 0.717) is 23.6 Å². The number of halogens is 1. The first-order chi connectivity index (χ1) is 17.6. The minimum atomic E-state index is -1.17. The molecule has 0 bridgehead atoms. The predicted octanol–water partition coefficient (Wildman–Crippen LogP) is 6.23. The number of aromatic nitrogens is 2. The summed E-state index contributed by atoms with van der Waals surface area (Å²) >= 11 is 6.46. The van der Waals surface area contributed by atoms with E-state index in [0.717, 1.165) is 45.0 Å². The molecule has 3 aromatic carbocycles. The van der Waals surface area contributed by atoms with Gasteiger partial charge in [0, 0.05) is 12.6 Å². The van der Waals surface area contributed by atoms with E-state index in [9.17, 15) is 19.8 Å². The molecular formula is C29H27ClN2O5. The second-order valence-corrected chi connectivity index (χ2v) is 9.39. The summed E-state index contributed by atoms with van der Waals surface area (Å²) in [5.41, 5.74) is 6.78. The van der Waals surface area contributed by atoms with Gasteiger partial charge in [0.1, 0.15) is 18.1 Å². The van der Waals surface area contributed by atoms with E-state index in [2.05, 4.69) is 5.10 Å². The van der Waals surface area contributed by atoms with Crippen LogP contribution in [0.1, 0.15) is 54.2 Å². The Hall–Kier alpha value is -4.10. The van der Waals surface area contributed by atoms with Crippen LogP contribution in [0.25, 0.3) is 11.3 Å². The van der Waals surface area contributed by atoms with Crippen molar-refractivity contribution in [3.8, 4) is 17.0 Å². The summed E-state index contributed by atoms with van der Waals surface area (Å²) in [5.74, 6) is -1.61. The molecule has 1 aromatic heterocycles. The quantitative estimate of drug-likeness (QED) is 0.286. The van der Waals surface area contributed by atoms with Gasteiger partial charge in [0.25, 0.3) is 0 Å². The molecule has 0 aliphatic heterocycles. The molecule has 0 saturated heterocycles. The van der Waals surface area contributed by atoms with Crippen LogP contribution in [-0.2, 0) is 20.1 Å². The average molecular weight is 519 g/mol. The summed E-state index contributed by atoms with van der Waals surface area (Å²) in [7, 11) is 1.86. The van der Waals surface area contributed by atoms with Crippen LogP contribution in [0.15, 0.2) is 54.6 Å². The summed E-state index contributed by atoms with van der Waals surface area (Å²) in [5, 5.41) is 24.0. The zero-order valence-corrected chi connectivity index (χ0v) is 21.8. The maximum Gasteiger partial charge on any atom is 0.336 e. The monoisotopic (exact) mass is 518 g/mol. The summed E-state index contributed by atoms with van der Waals surface area (Å²) in [6, 6.07) is 15.8. The molecule has 190 valence electrons. The van der Waals surface area contributed by atoms with E-state index in [-0.39, 0.29) is 11.1 Å². The molecule has 0 saturated carbocycles. The van der Waals surface area contributed by atoms with E-state index in [1.54, 1.807) is 10.7 Å². The highest BCUT2D eigenvalue weighted by atomic mass is 35.5. The van der Waals surface area contributed by atoms with Crippen LogP contribution in [0.2, 0.25) is 5.02 Å². The molecule has 7 nitrogen and oxygen atoms in total. The number of rotatable bonds is 8. The number of carboxylic acids is 2. The number of aromatic carboxylic acids is 2. The minimum absolute atomic E-state index is 0.0249. The molecule has 0 amide bonds. The number of nitrogens with zero attached hydrogens (tertiary/aromatic N) is 2. The number of ether oxygens (including phenoxy) is 1. The molecule has 37 heavy (non-hydrogen) atoms. The lowest BCUT2D eigenvalue weighted by atomic mass is 9.93. The second-order valence-electron chi connectivity index (χ2n) is 9.01. The molecule has 4 aromatic rings. The standard InChI is InChI=1S/C29H27ClN2O5/c1-16-6-5-7-19(13-20-8-9-22(28(33)34)14-23(20)29(35)36)24(16)15-37-25-11-10-21(12-17(25)2)27-26(30)18(3)32(4)31-27/h5-12,14H,13,15H2,1-4H3,(H,33,34)(H,35,36). The minimum Gasteiger partial charge on any atom is -0.489 e. The maximum absolute atomic E-state index is 11.8. The summed E-state index contributed by atoms with van der Waals surface area (Å²) in [6.07, 6.45) is 0.331. The van der Waals surface area contributed by atoms with Crippen molar-refractivity contribution in [3.63, 3.8) is 0 Å². The number of aryl methyl sites for hydroxylation is 3. The lowest BCUT2D eigenvalue weighted by Gasteiger charge is -2.16. The van der Waals surface area contributed by atoms with Gasteiger partial charge in [0.2, 0.25) is 0 Å². The molecule has 0 aliphatic carbocycles. The van der Waals surface area contributed by atoms with E-state index in [1.807, 2.05) is 64.2 Å². The average Bonchev–Trinajstić information content (AvgIpc) is 3.11. The molecule has 1 heterocycles. The van der Waals surface area contributed by atoms with Gasteiger partial charge in [-0.15, -0.1) is 0 Å². The Balaban J connectivity index is 1.59. The van der Waals surface area contributed by atoms with Crippen LogP contribution in [0.5, 0.6) is 5.75 Å². The van der Waals surface area contributed by atoms with Crippen molar-refractivity contribution in [2.45, 2.75) is 33.8 Å². The van der Waals surface area contributed by atoms with Gasteiger partial charge >= 0.3 is 11.9 Å². The number of hydrogen-bond donors (Lipinski definition) is 2. The van der Waals surface area contributed by atoms with Gasteiger partial charge in [-0.2, -0.15) is 5.10 Å². The molecule has 0 radical (unpaired) electrons. The van der Waals surface area contributed by atoms with Crippen LogP contribution in [0.4, 0.5) is 0 Å². The van der Waals surface area contributed by atoms with Crippen molar-refractivity contribution < 1.29 is 24.5 Å². The van der Waals surface area contributed by atoms with Crippen molar-refractivity contribution >= 4 is 23.5 Å². The second kappa shape index (κ2) is 10.5. The Bertz CT molecular complexity index is 1520. The molecular weight excluding hydrogens is 492 g/mol. The molecule has 8 heteroatoms. The smallest absolute Gasteiger partial charge is 0.336 e. The number of hydrogen-bond acceptors (Lipinski definition) is 4. The van der Waals surface area contributed by atoms with Gasteiger partial charge in [-0.1, -0.05) is 35.9 Å². The van der Waals surface area contributed by atoms with E-state index < -0.39 is 11.9 Å². The third-order valence-corrected chi connectivity index (χ3v) is 7.01. The molecule has 0 aliphatic rings. The first-order valence-electron chi connectivity index (χ1n) is 11.7. The zero-order valence-electron chi connectivity index (χ0n) is 21.0. The number of carbonyl (C=O) groups is 2. The van der Waals surface area contributed by atoms with Gasteiger partial charge in [0.05, 0.1) is 21.8 Å². The topological polar surface area (TPSA) is 102 Å². The third kappa shape index (κ3) is 5.37. The molecule has 0 fully saturated rings. The maximum atomic E-state index is 11.8. The lowest BCUT2D eigenvalue weighted by molar-refractivity contribution is 0.0695.